The van der Waals surface area contributed by atoms with Gasteiger partial charge in [0.05, 0.1) is 0 Å². The van der Waals surface area contributed by atoms with Crippen molar-refractivity contribution >= 4 is 11.6 Å². The summed E-state index contributed by atoms with van der Waals surface area (Å²) in [6.07, 6.45) is 5.55. The van der Waals surface area contributed by atoms with Crippen LogP contribution in [0, 0.1) is 0 Å². The number of para-hydroxylation sites is 1. The van der Waals surface area contributed by atoms with Gasteiger partial charge in [-0.2, -0.15) is 0 Å². The van der Waals surface area contributed by atoms with Crippen LogP contribution in [0.3, 0.4) is 0 Å². The molecule has 1 aliphatic carbocycles. The third-order valence-corrected chi connectivity index (χ3v) is 5.75. The second-order valence-corrected chi connectivity index (χ2v) is 8.50. The molecule has 0 heterocycles. The minimum absolute atomic E-state index is 0.144. The molecular formula is C29H30N2O2. The van der Waals surface area contributed by atoms with Gasteiger partial charge in [0.25, 0.3) is 5.91 Å². The van der Waals surface area contributed by atoms with Gasteiger partial charge in [-0.3, -0.25) is 4.79 Å². The van der Waals surface area contributed by atoms with Gasteiger partial charge in [0, 0.05) is 29.9 Å². The van der Waals surface area contributed by atoms with Crippen LogP contribution in [0.4, 0.5) is 5.69 Å². The molecule has 1 amide bonds. The molecule has 1 aliphatic rings. The average molecular weight is 439 g/mol. The lowest BCUT2D eigenvalue weighted by Gasteiger charge is -2.19. The molecule has 3 aromatic rings. The number of ether oxygens (including phenoxy) is 1. The van der Waals surface area contributed by atoms with Crippen LogP contribution in [0.2, 0.25) is 0 Å². The number of rotatable bonds is 7. The second-order valence-electron chi connectivity index (χ2n) is 8.50. The Bertz CT molecular complexity index is 1160. The van der Waals surface area contributed by atoms with Crippen molar-refractivity contribution < 1.29 is 9.53 Å². The molecule has 3 aromatic carbocycles. The van der Waals surface area contributed by atoms with Gasteiger partial charge in [-0.05, 0) is 80.8 Å². The smallest absolute Gasteiger partial charge is 0.255 e. The van der Waals surface area contributed by atoms with Crippen molar-refractivity contribution in [1.82, 2.24) is 5.32 Å². The number of hydrogen-bond donors (Lipinski definition) is 2. The summed E-state index contributed by atoms with van der Waals surface area (Å²) in [5.74, 6) is 1.31. The number of allylic oxidation sites excluding steroid dienone is 3. The lowest BCUT2D eigenvalue weighted by Crippen LogP contribution is -2.16. The molecule has 168 valence electrons. The highest BCUT2D eigenvalue weighted by Crippen LogP contribution is 2.25. The largest absolute Gasteiger partial charge is 0.457 e. The number of amides is 1. The zero-order valence-electron chi connectivity index (χ0n) is 19.2. The minimum Gasteiger partial charge on any atom is -0.457 e. The van der Waals surface area contributed by atoms with Crippen molar-refractivity contribution in [3.8, 4) is 11.5 Å². The van der Waals surface area contributed by atoms with Crippen LogP contribution in [0.15, 0.2) is 102 Å². The molecule has 4 rings (SSSR count). The van der Waals surface area contributed by atoms with E-state index in [1.54, 1.807) is 24.3 Å². The molecule has 4 heteroatoms. The maximum absolute atomic E-state index is 12.7. The normalized spacial score (nSPS) is 13.2. The van der Waals surface area contributed by atoms with Crippen molar-refractivity contribution in [2.45, 2.75) is 39.7 Å². The Balaban J connectivity index is 1.33. The van der Waals surface area contributed by atoms with E-state index < -0.39 is 0 Å². The molecule has 0 spiro atoms. The van der Waals surface area contributed by atoms with Gasteiger partial charge in [-0.25, -0.2) is 0 Å². The summed E-state index contributed by atoms with van der Waals surface area (Å²) in [5.41, 5.74) is 6.73. The third kappa shape index (κ3) is 6.36. The van der Waals surface area contributed by atoms with Crippen molar-refractivity contribution in [3.05, 3.63) is 113 Å². The third-order valence-electron chi connectivity index (χ3n) is 5.75. The molecule has 4 nitrogen and oxygen atoms in total. The van der Waals surface area contributed by atoms with Crippen molar-refractivity contribution in [1.29, 1.82) is 0 Å². The summed E-state index contributed by atoms with van der Waals surface area (Å²) in [5, 5.41) is 6.56. The van der Waals surface area contributed by atoms with Gasteiger partial charge in [-0.15, -0.1) is 0 Å². The Morgan fingerprint density at radius 2 is 1.67 bits per heavy atom. The van der Waals surface area contributed by atoms with Gasteiger partial charge in [0.15, 0.2) is 0 Å². The van der Waals surface area contributed by atoms with Gasteiger partial charge >= 0.3 is 0 Å². The predicted octanol–water partition coefficient (Wildman–Crippen LogP) is 7.23. The maximum Gasteiger partial charge on any atom is 0.255 e. The molecule has 0 bridgehead atoms. The van der Waals surface area contributed by atoms with Crippen LogP contribution in [0.5, 0.6) is 11.5 Å². The summed E-state index contributed by atoms with van der Waals surface area (Å²) in [7, 11) is 0. The highest BCUT2D eigenvalue weighted by molar-refractivity contribution is 6.04. The van der Waals surface area contributed by atoms with Gasteiger partial charge < -0.3 is 15.4 Å². The minimum atomic E-state index is -0.144. The highest BCUT2D eigenvalue weighted by Gasteiger charge is 2.10. The lowest BCUT2D eigenvalue weighted by atomic mass is 9.94. The van der Waals surface area contributed by atoms with E-state index in [0.29, 0.717) is 11.3 Å². The van der Waals surface area contributed by atoms with Crippen molar-refractivity contribution in [3.63, 3.8) is 0 Å². The molecule has 0 unspecified atom stereocenters. The van der Waals surface area contributed by atoms with Gasteiger partial charge in [-0.1, -0.05) is 47.6 Å². The number of benzene rings is 3. The number of hydrogen-bond acceptors (Lipinski definition) is 3. The van der Waals surface area contributed by atoms with Crippen LogP contribution in [-0.2, 0) is 6.54 Å². The first-order valence-corrected chi connectivity index (χ1v) is 11.4. The molecular weight excluding hydrogens is 408 g/mol. The monoisotopic (exact) mass is 438 g/mol. The zero-order valence-corrected chi connectivity index (χ0v) is 19.2. The van der Waals surface area contributed by atoms with E-state index in [1.807, 2.05) is 48.5 Å². The number of anilines is 1. The van der Waals surface area contributed by atoms with E-state index >= 15 is 0 Å². The molecule has 2 N–H and O–H groups in total. The van der Waals surface area contributed by atoms with E-state index in [0.717, 1.165) is 42.8 Å². The molecule has 0 atom stereocenters. The first-order valence-electron chi connectivity index (χ1n) is 11.4. The van der Waals surface area contributed by atoms with Crippen molar-refractivity contribution in [2.75, 3.05) is 5.32 Å². The number of carbonyl (C=O) groups is 1. The Morgan fingerprint density at radius 1 is 0.909 bits per heavy atom. The topological polar surface area (TPSA) is 50.4 Å². The molecule has 0 aromatic heterocycles. The lowest BCUT2D eigenvalue weighted by molar-refractivity contribution is 0.102. The van der Waals surface area contributed by atoms with Gasteiger partial charge in [0.2, 0.25) is 0 Å². The second kappa shape index (κ2) is 10.7. The Labute approximate surface area is 196 Å². The first kappa shape index (κ1) is 22.4. The fourth-order valence-electron chi connectivity index (χ4n) is 3.85. The molecule has 0 saturated heterocycles. The Kier molecular flexibility index (Phi) is 7.26. The molecule has 0 radical (unpaired) electrons. The van der Waals surface area contributed by atoms with Crippen LogP contribution < -0.4 is 15.4 Å². The molecule has 33 heavy (non-hydrogen) atoms. The molecule has 0 saturated carbocycles. The quantitative estimate of drug-likeness (QED) is 0.383. The predicted molar refractivity (Wildman–Crippen MR) is 135 cm³/mol. The standard InChI is InChI=1S/C29H30N2O2/c1-21(2)24-9-7-10-25(19-24)30-20-22-8-6-11-26(18-22)31-29(32)23-14-16-28(17-15-23)33-27-12-4-3-5-13-27/h3-6,8,10-18,30H,7,9,19-20H2,1-2H3,(H,31,32). The summed E-state index contributed by atoms with van der Waals surface area (Å²) >= 11 is 0. The fraction of sp³-hybridized carbons (Fsp3) is 0.207. The average Bonchev–Trinajstić information content (AvgIpc) is 2.84. The van der Waals surface area contributed by atoms with Gasteiger partial charge in [0.1, 0.15) is 11.5 Å². The SMILES string of the molecule is CC(C)=C1CCC=C(NCc2cccc(NC(=O)c3ccc(Oc4ccccc4)cc3)c2)C1. The summed E-state index contributed by atoms with van der Waals surface area (Å²) in [4.78, 5) is 12.7. The van der Waals surface area contributed by atoms with E-state index in [2.05, 4.69) is 36.6 Å². The highest BCUT2D eigenvalue weighted by atomic mass is 16.5. The van der Waals surface area contributed by atoms with Crippen molar-refractivity contribution in [2.24, 2.45) is 0 Å². The van der Waals surface area contributed by atoms with Crippen LogP contribution in [0.1, 0.15) is 49.0 Å². The van der Waals surface area contributed by atoms with Crippen LogP contribution in [0.25, 0.3) is 0 Å². The van der Waals surface area contributed by atoms with E-state index in [1.165, 1.54) is 16.8 Å². The fourth-order valence-corrected chi connectivity index (χ4v) is 3.85. The Morgan fingerprint density at radius 3 is 2.42 bits per heavy atom. The summed E-state index contributed by atoms with van der Waals surface area (Å²) in [6, 6.07) is 24.7. The number of carbonyl (C=O) groups excluding carboxylic acids is 1. The number of nitrogens with one attached hydrogen (secondary N) is 2. The zero-order chi connectivity index (χ0) is 23.0. The summed E-state index contributed by atoms with van der Waals surface area (Å²) in [6.45, 7) is 5.11. The van der Waals surface area contributed by atoms with Crippen LogP contribution >= 0.6 is 0 Å². The van der Waals surface area contributed by atoms with E-state index in [-0.39, 0.29) is 5.91 Å². The first-order chi connectivity index (χ1) is 16.1. The Hall–Kier alpha value is -3.79. The van der Waals surface area contributed by atoms with E-state index in [4.69, 9.17) is 4.74 Å². The molecule has 0 aliphatic heterocycles. The van der Waals surface area contributed by atoms with Crippen LogP contribution in [-0.4, -0.2) is 5.91 Å². The maximum atomic E-state index is 12.7. The van der Waals surface area contributed by atoms with E-state index in [9.17, 15) is 4.79 Å². The molecule has 0 fully saturated rings. The summed E-state index contributed by atoms with van der Waals surface area (Å²) < 4.78 is 5.80.